The van der Waals surface area contributed by atoms with Crippen molar-refractivity contribution in [2.75, 3.05) is 19.7 Å². The fourth-order valence-electron chi connectivity index (χ4n) is 3.05. The number of esters is 1. The van der Waals surface area contributed by atoms with Crippen molar-refractivity contribution in [3.05, 3.63) is 97.2 Å². The summed E-state index contributed by atoms with van der Waals surface area (Å²) >= 11 is 0. The lowest BCUT2D eigenvalue weighted by Crippen LogP contribution is -2.35. The molecule has 3 aromatic rings. The average molecular weight is 415 g/mol. The Morgan fingerprint density at radius 3 is 2.29 bits per heavy atom. The lowest BCUT2D eigenvalue weighted by molar-refractivity contribution is -0.133. The SMILES string of the molecule is C=CCN(CC=C)C(=O)COC(=O)c1cn(-c2ccc(C)cc2)nc1-c1ccccc1. The van der Waals surface area contributed by atoms with E-state index in [-0.39, 0.29) is 12.5 Å². The fraction of sp³-hybridized carbons (Fsp3) is 0.160. The third kappa shape index (κ3) is 5.36. The molecule has 1 heterocycles. The summed E-state index contributed by atoms with van der Waals surface area (Å²) in [5.74, 6) is -0.928. The second-order valence-corrected chi connectivity index (χ2v) is 6.99. The molecule has 0 saturated carbocycles. The van der Waals surface area contributed by atoms with Crippen molar-refractivity contribution in [1.82, 2.24) is 14.7 Å². The first kappa shape index (κ1) is 21.8. The van der Waals surface area contributed by atoms with E-state index < -0.39 is 5.97 Å². The van der Waals surface area contributed by atoms with Crippen LogP contribution < -0.4 is 0 Å². The maximum absolute atomic E-state index is 12.9. The highest BCUT2D eigenvalue weighted by Crippen LogP contribution is 2.24. The zero-order valence-corrected chi connectivity index (χ0v) is 17.5. The first-order valence-corrected chi connectivity index (χ1v) is 9.92. The van der Waals surface area contributed by atoms with Gasteiger partial charge in [-0.25, -0.2) is 9.48 Å². The minimum Gasteiger partial charge on any atom is -0.452 e. The van der Waals surface area contributed by atoms with Crippen molar-refractivity contribution in [2.45, 2.75) is 6.92 Å². The molecular formula is C25H25N3O3. The van der Waals surface area contributed by atoms with Crippen LogP contribution in [-0.2, 0) is 9.53 Å². The summed E-state index contributed by atoms with van der Waals surface area (Å²) in [6.07, 6.45) is 4.86. The van der Waals surface area contributed by atoms with Crippen molar-refractivity contribution >= 4 is 11.9 Å². The van der Waals surface area contributed by atoms with Gasteiger partial charge in [0.05, 0.1) is 5.69 Å². The molecule has 6 heteroatoms. The van der Waals surface area contributed by atoms with Gasteiger partial charge in [-0.15, -0.1) is 13.2 Å². The first-order chi connectivity index (χ1) is 15.0. The molecule has 158 valence electrons. The monoisotopic (exact) mass is 415 g/mol. The lowest BCUT2D eigenvalue weighted by Gasteiger charge is -2.18. The van der Waals surface area contributed by atoms with Crippen molar-refractivity contribution in [2.24, 2.45) is 0 Å². The number of amides is 1. The Morgan fingerprint density at radius 1 is 1.03 bits per heavy atom. The van der Waals surface area contributed by atoms with E-state index in [0.717, 1.165) is 16.8 Å². The topological polar surface area (TPSA) is 64.4 Å². The van der Waals surface area contributed by atoms with Crippen molar-refractivity contribution in [1.29, 1.82) is 0 Å². The highest BCUT2D eigenvalue weighted by Gasteiger charge is 2.22. The molecule has 0 fully saturated rings. The van der Waals surface area contributed by atoms with Gasteiger partial charge >= 0.3 is 5.97 Å². The smallest absolute Gasteiger partial charge is 0.342 e. The van der Waals surface area contributed by atoms with Crippen LogP contribution in [0.4, 0.5) is 0 Å². The maximum atomic E-state index is 12.9. The van der Waals surface area contributed by atoms with Crippen LogP contribution in [0.25, 0.3) is 16.9 Å². The van der Waals surface area contributed by atoms with E-state index in [1.54, 1.807) is 23.0 Å². The molecule has 6 nitrogen and oxygen atoms in total. The number of hydrogen-bond acceptors (Lipinski definition) is 4. The highest BCUT2D eigenvalue weighted by atomic mass is 16.5. The van der Waals surface area contributed by atoms with Gasteiger partial charge in [-0.2, -0.15) is 5.10 Å². The van der Waals surface area contributed by atoms with Crippen molar-refractivity contribution in [3.63, 3.8) is 0 Å². The molecule has 0 N–H and O–H groups in total. The highest BCUT2D eigenvalue weighted by molar-refractivity contribution is 5.97. The van der Waals surface area contributed by atoms with Crippen LogP contribution in [0.3, 0.4) is 0 Å². The van der Waals surface area contributed by atoms with Crippen LogP contribution in [0.15, 0.2) is 86.1 Å². The second kappa shape index (κ2) is 10.2. The van der Waals surface area contributed by atoms with Gasteiger partial charge in [0, 0.05) is 24.8 Å². The van der Waals surface area contributed by atoms with E-state index in [4.69, 9.17) is 4.74 Å². The van der Waals surface area contributed by atoms with E-state index in [9.17, 15) is 9.59 Å². The van der Waals surface area contributed by atoms with Crippen LogP contribution in [0.5, 0.6) is 0 Å². The Kier molecular flexibility index (Phi) is 7.17. The van der Waals surface area contributed by atoms with E-state index in [1.807, 2.05) is 61.5 Å². The number of carbonyl (C=O) groups excluding carboxylic acids is 2. The second-order valence-electron chi connectivity index (χ2n) is 6.99. The lowest BCUT2D eigenvalue weighted by atomic mass is 10.1. The standard InChI is InChI=1S/C25H25N3O3/c1-4-15-27(16-5-2)23(29)18-31-25(30)22-17-28(21-13-11-19(3)12-14-21)26-24(22)20-9-7-6-8-10-20/h4-14,17H,1-2,15-16,18H2,3H3. The summed E-state index contributed by atoms with van der Waals surface area (Å²) in [4.78, 5) is 26.8. The Hall–Kier alpha value is -3.93. The largest absolute Gasteiger partial charge is 0.452 e. The molecule has 0 unspecified atom stereocenters. The molecule has 3 rings (SSSR count). The molecule has 0 aliphatic rings. The van der Waals surface area contributed by atoms with E-state index >= 15 is 0 Å². The van der Waals surface area contributed by atoms with Crippen LogP contribution >= 0.6 is 0 Å². The van der Waals surface area contributed by atoms with Gasteiger partial charge in [-0.1, -0.05) is 60.2 Å². The molecule has 0 saturated heterocycles. The van der Waals surface area contributed by atoms with E-state index in [2.05, 4.69) is 18.3 Å². The van der Waals surface area contributed by atoms with Gasteiger partial charge in [0.15, 0.2) is 6.61 Å². The van der Waals surface area contributed by atoms with Crippen molar-refractivity contribution in [3.8, 4) is 16.9 Å². The number of carbonyl (C=O) groups is 2. The zero-order valence-electron chi connectivity index (χ0n) is 17.5. The number of hydrogen-bond donors (Lipinski definition) is 0. The fourth-order valence-corrected chi connectivity index (χ4v) is 3.05. The summed E-state index contributed by atoms with van der Waals surface area (Å²) in [5.41, 5.74) is 3.51. The normalized spacial score (nSPS) is 10.4. The minimum atomic E-state index is -0.609. The predicted molar refractivity (Wildman–Crippen MR) is 121 cm³/mol. The molecule has 0 radical (unpaired) electrons. The molecule has 1 amide bonds. The van der Waals surface area contributed by atoms with Crippen LogP contribution in [0.1, 0.15) is 15.9 Å². The van der Waals surface area contributed by atoms with Crippen molar-refractivity contribution < 1.29 is 14.3 Å². The number of benzene rings is 2. The van der Waals surface area contributed by atoms with Crippen LogP contribution in [0, 0.1) is 6.92 Å². The minimum absolute atomic E-state index is 0.290. The van der Waals surface area contributed by atoms with Gasteiger partial charge in [0.2, 0.25) is 0 Å². The van der Waals surface area contributed by atoms with Crippen LogP contribution in [0.2, 0.25) is 0 Å². The molecule has 2 aromatic carbocycles. The van der Waals surface area contributed by atoms with E-state index in [0.29, 0.717) is 24.3 Å². The predicted octanol–water partition coefficient (Wildman–Crippen LogP) is 4.21. The molecule has 0 aliphatic carbocycles. The zero-order chi connectivity index (χ0) is 22.2. The Morgan fingerprint density at radius 2 is 1.68 bits per heavy atom. The molecule has 0 aliphatic heterocycles. The summed E-state index contributed by atoms with van der Waals surface area (Å²) in [6.45, 7) is 9.62. The van der Waals surface area contributed by atoms with Gasteiger partial charge in [0.1, 0.15) is 11.3 Å². The van der Waals surface area contributed by atoms with Gasteiger partial charge in [-0.3, -0.25) is 4.79 Å². The quantitative estimate of drug-likeness (QED) is 0.388. The third-order valence-electron chi connectivity index (χ3n) is 4.66. The van der Waals surface area contributed by atoms with Gasteiger partial charge in [0.25, 0.3) is 5.91 Å². The number of rotatable bonds is 9. The maximum Gasteiger partial charge on any atom is 0.342 e. The number of nitrogens with zero attached hydrogens (tertiary/aromatic N) is 3. The summed E-state index contributed by atoms with van der Waals surface area (Å²) in [5, 5.41) is 4.62. The summed E-state index contributed by atoms with van der Waals surface area (Å²) < 4.78 is 6.98. The molecule has 0 bridgehead atoms. The Labute approximate surface area is 182 Å². The molecule has 1 aromatic heterocycles. The molecule has 0 atom stereocenters. The number of aromatic nitrogens is 2. The Balaban J connectivity index is 1.87. The number of ether oxygens (including phenoxy) is 1. The Bertz CT molecular complexity index is 1060. The summed E-state index contributed by atoms with van der Waals surface area (Å²) in [7, 11) is 0. The molecule has 0 spiro atoms. The van der Waals surface area contributed by atoms with E-state index in [1.165, 1.54) is 4.90 Å². The average Bonchev–Trinajstić information content (AvgIpc) is 3.24. The number of aryl methyl sites for hydroxylation is 1. The third-order valence-corrected chi connectivity index (χ3v) is 4.66. The van der Waals surface area contributed by atoms with Crippen LogP contribution in [-0.4, -0.2) is 46.3 Å². The molecule has 31 heavy (non-hydrogen) atoms. The van der Waals surface area contributed by atoms with Gasteiger partial charge < -0.3 is 9.64 Å². The van der Waals surface area contributed by atoms with Gasteiger partial charge in [-0.05, 0) is 19.1 Å². The molecular weight excluding hydrogens is 390 g/mol. The summed E-state index contributed by atoms with van der Waals surface area (Å²) in [6, 6.07) is 17.2. The first-order valence-electron chi connectivity index (χ1n) is 9.92.